The smallest absolute Gasteiger partial charge is 0.237 e. The van der Waals surface area contributed by atoms with Crippen LogP contribution in [0.5, 0.6) is 11.6 Å². The maximum absolute atomic E-state index is 9.10. The van der Waals surface area contributed by atoms with Crippen molar-refractivity contribution in [2.24, 2.45) is 0 Å². The second kappa shape index (κ2) is 5.19. The Balaban J connectivity index is 2.37. The summed E-state index contributed by atoms with van der Waals surface area (Å²) in [6.07, 6.45) is 1.64. The van der Waals surface area contributed by atoms with E-state index >= 15 is 0 Å². The number of benzene rings is 1. The van der Waals surface area contributed by atoms with Crippen LogP contribution in [0.15, 0.2) is 34.9 Å². The molecule has 0 atom stereocenters. The second-order valence-electron chi connectivity index (χ2n) is 3.93. The molecule has 2 rings (SSSR count). The Morgan fingerprint density at radius 1 is 1.22 bits per heavy atom. The highest BCUT2D eigenvalue weighted by Gasteiger charge is 2.09. The van der Waals surface area contributed by atoms with E-state index in [1.54, 1.807) is 12.3 Å². The number of aryl methyl sites for hydroxylation is 2. The van der Waals surface area contributed by atoms with Gasteiger partial charge in [-0.05, 0) is 49.2 Å². The van der Waals surface area contributed by atoms with E-state index in [0.29, 0.717) is 17.2 Å². The molecule has 3 nitrogen and oxygen atoms in total. The minimum atomic E-state index is 0.347. The molecule has 1 aromatic carbocycles. The number of nitrogens with zero attached hydrogens (tertiary/aromatic N) is 2. The van der Waals surface area contributed by atoms with E-state index in [0.717, 1.165) is 15.6 Å². The standard InChI is InChI=1S/C14H11BrN2O/c1-9-5-6-17-14(12(9)8-16)18-11-3-4-13(15)10(2)7-11/h3-7H,1-2H3. The summed E-state index contributed by atoms with van der Waals surface area (Å²) in [4.78, 5) is 4.10. The molecule has 0 aliphatic rings. The van der Waals surface area contributed by atoms with E-state index in [1.807, 2.05) is 32.0 Å². The monoisotopic (exact) mass is 302 g/mol. The molecule has 0 unspecified atom stereocenters. The molecule has 18 heavy (non-hydrogen) atoms. The summed E-state index contributed by atoms with van der Waals surface area (Å²) in [6, 6.07) is 9.55. The second-order valence-corrected chi connectivity index (χ2v) is 4.79. The molecule has 4 heteroatoms. The zero-order valence-corrected chi connectivity index (χ0v) is 11.7. The van der Waals surface area contributed by atoms with Crippen LogP contribution in [0.2, 0.25) is 0 Å². The number of nitriles is 1. The SMILES string of the molecule is Cc1cc(Oc2nccc(C)c2C#N)ccc1Br. The molecular weight excluding hydrogens is 292 g/mol. The maximum atomic E-state index is 9.10. The third-order valence-corrected chi connectivity index (χ3v) is 3.47. The van der Waals surface area contributed by atoms with Crippen LogP contribution < -0.4 is 4.74 Å². The predicted octanol–water partition coefficient (Wildman–Crippen LogP) is 4.12. The van der Waals surface area contributed by atoms with Crippen LogP contribution in [-0.4, -0.2) is 4.98 Å². The number of pyridine rings is 1. The zero-order chi connectivity index (χ0) is 13.1. The third kappa shape index (κ3) is 2.52. The van der Waals surface area contributed by atoms with Gasteiger partial charge in [0.1, 0.15) is 17.4 Å². The minimum Gasteiger partial charge on any atom is -0.438 e. The van der Waals surface area contributed by atoms with E-state index in [-0.39, 0.29) is 0 Å². The zero-order valence-electron chi connectivity index (χ0n) is 10.1. The van der Waals surface area contributed by atoms with Crippen molar-refractivity contribution in [3.8, 4) is 17.7 Å². The molecule has 0 aliphatic heterocycles. The Labute approximate surface area is 114 Å². The maximum Gasteiger partial charge on any atom is 0.237 e. The van der Waals surface area contributed by atoms with Gasteiger partial charge in [-0.15, -0.1) is 0 Å². The average Bonchev–Trinajstić information content (AvgIpc) is 2.34. The lowest BCUT2D eigenvalue weighted by Gasteiger charge is -2.08. The fourth-order valence-electron chi connectivity index (χ4n) is 1.54. The van der Waals surface area contributed by atoms with Crippen molar-refractivity contribution in [3.63, 3.8) is 0 Å². The lowest BCUT2D eigenvalue weighted by atomic mass is 10.2. The molecule has 1 heterocycles. The molecule has 1 aromatic heterocycles. The summed E-state index contributed by atoms with van der Waals surface area (Å²) in [5.41, 5.74) is 2.40. The van der Waals surface area contributed by atoms with Gasteiger partial charge in [0, 0.05) is 10.7 Å². The molecule has 0 bridgehead atoms. The molecule has 0 saturated heterocycles. The highest BCUT2D eigenvalue weighted by Crippen LogP contribution is 2.27. The summed E-state index contributed by atoms with van der Waals surface area (Å²) < 4.78 is 6.68. The van der Waals surface area contributed by atoms with Crippen molar-refractivity contribution >= 4 is 15.9 Å². The molecule has 2 aromatic rings. The van der Waals surface area contributed by atoms with Gasteiger partial charge in [0.25, 0.3) is 0 Å². The van der Waals surface area contributed by atoms with E-state index in [2.05, 4.69) is 27.0 Å². The molecule has 0 N–H and O–H groups in total. The summed E-state index contributed by atoms with van der Waals surface area (Å²) >= 11 is 3.43. The number of aromatic nitrogens is 1. The minimum absolute atomic E-state index is 0.347. The number of rotatable bonds is 2. The van der Waals surface area contributed by atoms with Gasteiger partial charge in [0.2, 0.25) is 5.88 Å². The molecule has 0 fully saturated rings. The van der Waals surface area contributed by atoms with E-state index in [9.17, 15) is 0 Å². The van der Waals surface area contributed by atoms with E-state index in [4.69, 9.17) is 10.00 Å². The Hall–Kier alpha value is -1.86. The van der Waals surface area contributed by atoms with Gasteiger partial charge in [-0.25, -0.2) is 4.98 Å². The number of ether oxygens (including phenoxy) is 1. The van der Waals surface area contributed by atoms with Crippen LogP contribution in [0.25, 0.3) is 0 Å². The van der Waals surface area contributed by atoms with Crippen molar-refractivity contribution in [2.75, 3.05) is 0 Å². The largest absolute Gasteiger partial charge is 0.438 e. The summed E-state index contributed by atoms with van der Waals surface area (Å²) in [7, 11) is 0. The highest BCUT2D eigenvalue weighted by molar-refractivity contribution is 9.10. The molecule has 0 amide bonds. The van der Waals surface area contributed by atoms with Crippen molar-refractivity contribution in [3.05, 3.63) is 51.6 Å². The Kier molecular flexibility index (Phi) is 3.63. The van der Waals surface area contributed by atoms with Gasteiger partial charge in [0.05, 0.1) is 0 Å². The molecule has 90 valence electrons. The normalized spacial score (nSPS) is 9.89. The first-order chi connectivity index (χ1) is 8.61. The Morgan fingerprint density at radius 3 is 2.67 bits per heavy atom. The summed E-state index contributed by atoms with van der Waals surface area (Å²) in [5.74, 6) is 1.02. The van der Waals surface area contributed by atoms with Crippen LogP contribution in [0.1, 0.15) is 16.7 Å². The summed E-state index contributed by atoms with van der Waals surface area (Å²) in [6.45, 7) is 3.84. The van der Waals surface area contributed by atoms with Crippen molar-refractivity contribution in [1.82, 2.24) is 4.98 Å². The Bertz CT molecular complexity index is 632. The van der Waals surface area contributed by atoms with Gasteiger partial charge in [-0.2, -0.15) is 5.26 Å². The number of hydrogen-bond acceptors (Lipinski definition) is 3. The van der Waals surface area contributed by atoms with Gasteiger partial charge in [-0.1, -0.05) is 15.9 Å². The van der Waals surface area contributed by atoms with Crippen molar-refractivity contribution < 1.29 is 4.74 Å². The van der Waals surface area contributed by atoms with Gasteiger partial charge < -0.3 is 4.74 Å². The van der Waals surface area contributed by atoms with Crippen LogP contribution in [-0.2, 0) is 0 Å². The lowest BCUT2D eigenvalue weighted by Crippen LogP contribution is -1.94. The summed E-state index contributed by atoms with van der Waals surface area (Å²) in [5, 5.41) is 9.10. The molecule has 0 spiro atoms. The van der Waals surface area contributed by atoms with Gasteiger partial charge in [0.15, 0.2) is 0 Å². The molecule has 0 aliphatic carbocycles. The van der Waals surface area contributed by atoms with Crippen LogP contribution >= 0.6 is 15.9 Å². The van der Waals surface area contributed by atoms with Gasteiger partial charge >= 0.3 is 0 Å². The topological polar surface area (TPSA) is 45.9 Å². The van der Waals surface area contributed by atoms with Gasteiger partial charge in [-0.3, -0.25) is 0 Å². The van der Waals surface area contributed by atoms with Crippen LogP contribution in [0.4, 0.5) is 0 Å². The van der Waals surface area contributed by atoms with Crippen LogP contribution in [0.3, 0.4) is 0 Å². The third-order valence-electron chi connectivity index (χ3n) is 2.58. The van der Waals surface area contributed by atoms with Crippen molar-refractivity contribution in [1.29, 1.82) is 5.26 Å². The average molecular weight is 303 g/mol. The quantitative estimate of drug-likeness (QED) is 0.838. The molecular formula is C14H11BrN2O. The Morgan fingerprint density at radius 2 is 2.00 bits per heavy atom. The molecule has 0 radical (unpaired) electrons. The lowest BCUT2D eigenvalue weighted by molar-refractivity contribution is 0.460. The number of halogens is 1. The van der Waals surface area contributed by atoms with Crippen LogP contribution in [0, 0.1) is 25.2 Å². The van der Waals surface area contributed by atoms with Crippen molar-refractivity contribution in [2.45, 2.75) is 13.8 Å². The predicted molar refractivity (Wildman–Crippen MR) is 72.6 cm³/mol. The fourth-order valence-corrected chi connectivity index (χ4v) is 1.79. The van der Waals surface area contributed by atoms with E-state index in [1.165, 1.54) is 0 Å². The first-order valence-corrected chi connectivity index (χ1v) is 6.21. The first-order valence-electron chi connectivity index (χ1n) is 5.41. The molecule has 0 saturated carbocycles. The highest BCUT2D eigenvalue weighted by atomic mass is 79.9. The van der Waals surface area contributed by atoms with E-state index < -0.39 is 0 Å². The number of hydrogen-bond donors (Lipinski definition) is 0. The fraction of sp³-hybridized carbons (Fsp3) is 0.143. The first kappa shape index (κ1) is 12.6.